The van der Waals surface area contributed by atoms with Crippen LogP contribution in [0, 0.1) is 0 Å². The van der Waals surface area contributed by atoms with Gasteiger partial charge < -0.3 is 15.2 Å². The molecule has 1 aliphatic carbocycles. The van der Waals surface area contributed by atoms with E-state index in [0.717, 1.165) is 24.0 Å². The van der Waals surface area contributed by atoms with E-state index < -0.39 is 11.8 Å². The molecule has 9 nitrogen and oxygen atoms in total. The van der Waals surface area contributed by atoms with E-state index in [1.807, 2.05) is 30.3 Å². The number of rotatable bonds is 4. The summed E-state index contributed by atoms with van der Waals surface area (Å²) in [6.45, 7) is 1.72. The molecule has 0 aliphatic heterocycles. The van der Waals surface area contributed by atoms with Crippen molar-refractivity contribution in [1.82, 2.24) is 24.6 Å². The molecule has 0 bridgehead atoms. The van der Waals surface area contributed by atoms with E-state index in [1.54, 1.807) is 23.7 Å². The van der Waals surface area contributed by atoms with E-state index >= 15 is 0 Å². The Morgan fingerprint density at radius 3 is 2.83 bits per heavy atom. The number of aromatic amines is 2. The van der Waals surface area contributed by atoms with Crippen molar-refractivity contribution in [2.45, 2.75) is 31.9 Å². The SMILES string of the molecule is CC(O)c1cccc(-c2cc(=NC3CC3)n3nc/c(=C/c4[nH]c(=O)[nH]c4O)c3n2)c1. The first kappa shape index (κ1) is 18.3. The van der Waals surface area contributed by atoms with E-state index in [-0.39, 0.29) is 17.6 Å². The lowest BCUT2D eigenvalue weighted by Gasteiger charge is -2.08. The highest BCUT2D eigenvalue weighted by atomic mass is 16.3. The number of hydrogen-bond donors (Lipinski definition) is 4. The number of aromatic hydroxyl groups is 1. The largest absolute Gasteiger partial charge is 0.493 e. The average molecular weight is 404 g/mol. The number of H-pyrrole nitrogens is 2. The van der Waals surface area contributed by atoms with Crippen LogP contribution in [0.3, 0.4) is 0 Å². The number of imidazole rings is 1. The van der Waals surface area contributed by atoms with Gasteiger partial charge in [0, 0.05) is 16.8 Å². The maximum atomic E-state index is 11.4. The van der Waals surface area contributed by atoms with Crippen LogP contribution in [0.2, 0.25) is 0 Å². The number of nitrogens with one attached hydrogen (secondary N) is 2. The van der Waals surface area contributed by atoms with Gasteiger partial charge in [0.05, 0.1) is 24.0 Å². The molecule has 0 amide bonds. The molecule has 3 heterocycles. The Hall–Kier alpha value is -3.72. The monoisotopic (exact) mass is 404 g/mol. The molecule has 30 heavy (non-hydrogen) atoms. The van der Waals surface area contributed by atoms with Gasteiger partial charge in [0.1, 0.15) is 5.69 Å². The molecule has 9 heteroatoms. The Labute approximate surface area is 170 Å². The molecule has 0 radical (unpaired) electrons. The highest BCUT2D eigenvalue weighted by molar-refractivity contribution is 5.64. The predicted molar refractivity (Wildman–Crippen MR) is 110 cm³/mol. The number of fused-ring (bicyclic) bond motifs is 1. The second kappa shape index (κ2) is 6.96. The first-order valence-corrected chi connectivity index (χ1v) is 9.72. The van der Waals surface area contributed by atoms with E-state index in [4.69, 9.17) is 9.98 Å². The molecule has 0 spiro atoms. The van der Waals surface area contributed by atoms with Gasteiger partial charge in [0.15, 0.2) is 11.1 Å². The lowest BCUT2D eigenvalue weighted by molar-refractivity contribution is 0.199. The van der Waals surface area contributed by atoms with Crippen LogP contribution in [0.4, 0.5) is 0 Å². The molecular formula is C21H20N6O3. The zero-order chi connectivity index (χ0) is 20.8. The van der Waals surface area contributed by atoms with Crippen molar-refractivity contribution in [3.05, 3.63) is 69.0 Å². The first-order valence-electron chi connectivity index (χ1n) is 9.72. The third-order valence-corrected chi connectivity index (χ3v) is 5.04. The van der Waals surface area contributed by atoms with Crippen molar-refractivity contribution in [3.63, 3.8) is 0 Å². The van der Waals surface area contributed by atoms with E-state index in [0.29, 0.717) is 22.0 Å². The second-order valence-corrected chi connectivity index (χ2v) is 7.48. The molecule has 1 fully saturated rings. The van der Waals surface area contributed by atoms with Crippen molar-refractivity contribution in [2.75, 3.05) is 0 Å². The van der Waals surface area contributed by atoms with E-state index in [2.05, 4.69) is 15.1 Å². The van der Waals surface area contributed by atoms with Crippen LogP contribution < -0.4 is 16.4 Å². The van der Waals surface area contributed by atoms with Gasteiger partial charge in [-0.2, -0.15) is 9.61 Å². The third-order valence-electron chi connectivity index (χ3n) is 5.04. The number of aliphatic hydroxyl groups excluding tert-OH is 1. The Morgan fingerprint density at radius 1 is 1.30 bits per heavy atom. The molecule has 1 saturated carbocycles. The fourth-order valence-corrected chi connectivity index (χ4v) is 3.30. The summed E-state index contributed by atoms with van der Waals surface area (Å²) in [6, 6.07) is 9.76. The molecule has 1 aromatic carbocycles. The maximum absolute atomic E-state index is 11.4. The molecule has 3 aromatic heterocycles. The molecule has 1 aliphatic rings. The second-order valence-electron chi connectivity index (χ2n) is 7.48. The van der Waals surface area contributed by atoms with Crippen LogP contribution in [-0.2, 0) is 0 Å². The van der Waals surface area contributed by atoms with Crippen molar-refractivity contribution in [2.24, 2.45) is 4.99 Å². The van der Waals surface area contributed by atoms with Gasteiger partial charge >= 0.3 is 5.69 Å². The van der Waals surface area contributed by atoms with E-state index in [1.165, 1.54) is 0 Å². The average Bonchev–Trinajstić information content (AvgIpc) is 3.36. The zero-order valence-corrected chi connectivity index (χ0v) is 16.2. The Morgan fingerprint density at radius 2 is 2.13 bits per heavy atom. The Kier molecular flexibility index (Phi) is 4.25. The van der Waals surface area contributed by atoms with Crippen LogP contribution in [-0.4, -0.2) is 40.8 Å². The van der Waals surface area contributed by atoms with Gasteiger partial charge in [0.2, 0.25) is 5.88 Å². The fourth-order valence-electron chi connectivity index (χ4n) is 3.30. The number of aliphatic hydroxyl groups is 1. The van der Waals surface area contributed by atoms with Crippen molar-refractivity contribution < 1.29 is 10.2 Å². The summed E-state index contributed by atoms with van der Waals surface area (Å²) in [5.74, 6) is -0.247. The van der Waals surface area contributed by atoms with Crippen LogP contribution in [0.5, 0.6) is 5.88 Å². The molecule has 4 N–H and O–H groups in total. The highest BCUT2D eigenvalue weighted by Crippen LogP contribution is 2.24. The minimum atomic E-state index is -0.587. The number of hydrogen-bond acceptors (Lipinski definition) is 6. The lowest BCUT2D eigenvalue weighted by Crippen LogP contribution is -2.19. The molecule has 1 unspecified atom stereocenters. The highest BCUT2D eigenvalue weighted by Gasteiger charge is 2.20. The van der Waals surface area contributed by atoms with Crippen LogP contribution in [0.25, 0.3) is 23.0 Å². The van der Waals surface area contributed by atoms with Gasteiger partial charge in [-0.15, -0.1) is 0 Å². The van der Waals surface area contributed by atoms with Gasteiger partial charge in [-0.25, -0.2) is 9.78 Å². The zero-order valence-electron chi connectivity index (χ0n) is 16.2. The van der Waals surface area contributed by atoms with Gasteiger partial charge in [-0.05, 0) is 37.5 Å². The smallest absolute Gasteiger partial charge is 0.326 e. The van der Waals surface area contributed by atoms with Crippen molar-refractivity contribution in [1.29, 1.82) is 0 Å². The molecule has 1 atom stereocenters. The van der Waals surface area contributed by atoms with Gasteiger partial charge in [0.25, 0.3) is 0 Å². The summed E-state index contributed by atoms with van der Waals surface area (Å²) in [6.07, 6.45) is 4.75. The topological polar surface area (TPSA) is 132 Å². The molecule has 5 rings (SSSR count). The van der Waals surface area contributed by atoms with E-state index in [9.17, 15) is 15.0 Å². The predicted octanol–water partition coefficient (Wildman–Crippen LogP) is 0.782. The quantitative estimate of drug-likeness (QED) is 0.399. The lowest BCUT2D eigenvalue weighted by atomic mass is 10.0. The molecule has 152 valence electrons. The number of aromatic nitrogens is 5. The summed E-state index contributed by atoms with van der Waals surface area (Å²) in [5, 5.41) is 24.9. The molecule has 4 aromatic rings. The molecule has 0 saturated heterocycles. The normalized spacial score (nSPS) is 16.5. The standard InChI is InChI=1S/C21H20N6O3/c1-11(28)12-3-2-4-13(7-12)16-9-18(23-15-5-6-15)27-19(24-16)14(10-22-27)8-17-20(29)26-21(30)25-17/h2-4,7-11,15,28-29H,5-6H2,1H3,(H2,25,26,30)/b14-8-,23-18?. The summed E-state index contributed by atoms with van der Waals surface area (Å²) in [7, 11) is 0. The fraction of sp³-hybridized carbons (Fsp3) is 0.238. The van der Waals surface area contributed by atoms with Gasteiger partial charge in [-0.1, -0.05) is 18.2 Å². The summed E-state index contributed by atoms with van der Waals surface area (Å²) >= 11 is 0. The van der Waals surface area contributed by atoms with Crippen molar-refractivity contribution in [3.8, 4) is 17.1 Å². The number of benzene rings is 1. The third kappa shape index (κ3) is 3.39. The van der Waals surface area contributed by atoms with Crippen LogP contribution >= 0.6 is 0 Å². The minimum Gasteiger partial charge on any atom is -0.493 e. The number of nitrogens with zero attached hydrogens (tertiary/aromatic N) is 4. The van der Waals surface area contributed by atoms with Crippen molar-refractivity contribution >= 4 is 11.7 Å². The maximum Gasteiger partial charge on any atom is 0.326 e. The van der Waals surface area contributed by atoms with Crippen LogP contribution in [0.15, 0.2) is 46.3 Å². The minimum absolute atomic E-state index is 0.247. The summed E-state index contributed by atoms with van der Waals surface area (Å²) in [4.78, 5) is 25.8. The Bertz CT molecular complexity index is 1430. The summed E-state index contributed by atoms with van der Waals surface area (Å²) < 4.78 is 1.66. The molecular weight excluding hydrogens is 384 g/mol. The van der Waals surface area contributed by atoms with Gasteiger partial charge in [-0.3, -0.25) is 9.98 Å². The Balaban J connectivity index is 1.76. The van der Waals surface area contributed by atoms with Crippen LogP contribution in [0.1, 0.15) is 37.1 Å². The summed E-state index contributed by atoms with van der Waals surface area (Å²) in [5.41, 5.74) is 3.34. The first-order chi connectivity index (χ1) is 14.5.